The summed E-state index contributed by atoms with van der Waals surface area (Å²) in [6.45, 7) is 14.0. The van der Waals surface area contributed by atoms with E-state index in [1.165, 1.54) is 38.6 Å². The minimum absolute atomic E-state index is 0.282. The first-order valence-electron chi connectivity index (χ1n) is 7.51. The first-order chi connectivity index (χ1) is 8.00. The van der Waals surface area contributed by atoms with E-state index in [1.807, 2.05) is 0 Å². The van der Waals surface area contributed by atoms with Gasteiger partial charge in [0, 0.05) is 30.7 Å². The Hall–Kier alpha value is -0.0800. The van der Waals surface area contributed by atoms with Crippen LogP contribution in [-0.2, 0) is 0 Å². The van der Waals surface area contributed by atoms with Gasteiger partial charge >= 0.3 is 0 Å². The van der Waals surface area contributed by atoms with E-state index in [9.17, 15) is 0 Å². The lowest BCUT2D eigenvalue weighted by Gasteiger charge is -2.47. The molecule has 2 unspecified atom stereocenters. The highest BCUT2D eigenvalue weighted by Gasteiger charge is 2.33. The van der Waals surface area contributed by atoms with Crippen LogP contribution in [0.4, 0.5) is 0 Å². The van der Waals surface area contributed by atoms with E-state index < -0.39 is 0 Å². The summed E-state index contributed by atoms with van der Waals surface area (Å²) in [7, 11) is 0. The summed E-state index contributed by atoms with van der Waals surface area (Å²) in [6.07, 6.45) is 6.75. The molecule has 17 heavy (non-hydrogen) atoms. The Morgan fingerprint density at radius 2 is 1.94 bits per heavy atom. The third kappa shape index (κ3) is 4.59. The zero-order valence-electron chi connectivity index (χ0n) is 12.6. The van der Waals surface area contributed by atoms with Crippen molar-refractivity contribution in [3.63, 3.8) is 0 Å². The van der Waals surface area contributed by atoms with Gasteiger partial charge in [-0.25, -0.2) is 0 Å². The number of nitrogens with zero attached hydrogens (tertiary/aromatic N) is 1. The SMILES string of the molecule is CCCCC(CCC)N1CC(C)(C)NCC1C. The van der Waals surface area contributed by atoms with Crippen LogP contribution in [0.2, 0.25) is 0 Å². The molecule has 1 saturated heterocycles. The predicted octanol–water partition coefficient (Wildman–Crippen LogP) is 3.42. The molecule has 2 heteroatoms. The fraction of sp³-hybridized carbons (Fsp3) is 1.00. The van der Waals surface area contributed by atoms with Gasteiger partial charge in [-0.15, -0.1) is 0 Å². The highest BCUT2D eigenvalue weighted by atomic mass is 15.3. The van der Waals surface area contributed by atoms with E-state index in [0.29, 0.717) is 6.04 Å². The van der Waals surface area contributed by atoms with Crippen molar-refractivity contribution in [3.8, 4) is 0 Å². The highest BCUT2D eigenvalue weighted by molar-refractivity contribution is 4.93. The molecule has 0 amide bonds. The van der Waals surface area contributed by atoms with Crippen molar-refractivity contribution in [3.05, 3.63) is 0 Å². The van der Waals surface area contributed by atoms with Crippen LogP contribution < -0.4 is 5.32 Å². The van der Waals surface area contributed by atoms with Crippen LogP contribution in [0, 0.1) is 0 Å². The molecular formula is C15H32N2. The maximum absolute atomic E-state index is 3.65. The van der Waals surface area contributed by atoms with Gasteiger partial charge in [0.05, 0.1) is 0 Å². The van der Waals surface area contributed by atoms with Crippen LogP contribution in [-0.4, -0.2) is 35.6 Å². The highest BCUT2D eigenvalue weighted by Crippen LogP contribution is 2.23. The van der Waals surface area contributed by atoms with E-state index in [2.05, 4.69) is 44.8 Å². The zero-order chi connectivity index (χ0) is 12.9. The van der Waals surface area contributed by atoms with E-state index in [0.717, 1.165) is 12.6 Å². The first-order valence-corrected chi connectivity index (χ1v) is 7.51. The van der Waals surface area contributed by atoms with Crippen molar-refractivity contribution in [1.29, 1.82) is 0 Å². The zero-order valence-corrected chi connectivity index (χ0v) is 12.6. The lowest BCUT2D eigenvalue weighted by molar-refractivity contribution is 0.0533. The molecule has 1 N–H and O–H groups in total. The van der Waals surface area contributed by atoms with Gasteiger partial charge in [-0.05, 0) is 33.6 Å². The van der Waals surface area contributed by atoms with Gasteiger partial charge in [0.15, 0.2) is 0 Å². The Morgan fingerprint density at radius 1 is 1.24 bits per heavy atom. The van der Waals surface area contributed by atoms with Crippen LogP contribution >= 0.6 is 0 Å². The van der Waals surface area contributed by atoms with E-state index in [-0.39, 0.29) is 5.54 Å². The fourth-order valence-electron chi connectivity index (χ4n) is 2.95. The summed E-state index contributed by atoms with van der Waals surface area (Å²) in [5.74, 6) is 0. The second kappa shape index (κ2) is 6.75. The molecule has 0 saturated carbocycles. The third-order valence-electron chi connectivity index (χ3n) is 4.00. The van der Waals surface area contributed by atoms with Crippen LogP contribution in [0.1, 0.15) is 66.7 Å². The van der Waals surface area contributed by atoms with Crippen molar-refractivity contribution in [2.24, 2.45) is 0 Å². The molecule has 1 aliphatic heterocycles. The predicted molar refractivity (Wildman–Crippen MR) is 76.5 cm³/mol. The Kier molecular flexibility index (Phi) is 5.94. The van der Waals surface area contributed by atoms with Crippen molar-refractivity contribution in [1.82, 2.24) is 10.2 Å². The second-order valence-corrected chi connectivity index (χ2v) is 6.37. The number of hydrogen-bond acceptors (Lipinski definition) is 2. The number of hydrogen-bond donors (Lipinski definition) is 1. The van der Waals surface area contributed by atoms with Crippen molar-refractivity contribution >= 4 is 0 Å². The lowest BCUT2D eigenvalue weighted by atomic mass is 9.94. The summed E-state index contributed by atoms with van der Waals surface area (Å²) in [5, 5.41) is 3.65. The number of nitrogens with one attached hydrogen (secondary N) is 1. The van der Waals surface area contributed by atoms with Crippen LogP contribution in [0.3, 0.4) is 0 Å². The van der Waals surface area contributed by atoms with Crippen LogP contribution in [0.25, 0.3) is 0 Å². The first kappa shape index (κ1) is 15.0. The molecule has 0 radical (unpaired) electrons. The summed E-state index contributed by atoms with van der Waals surface area (Å²) in [6, 6.07) is 1.49. The fourth-order valence-corrected chi connectivity index (χ4v) is 2.95. The molecule has 1 rings (SSSR count). The van der Waals surface area contributed by atoms with Crippen LogP contribution in [0.5, 0.6) is 0 Å². The molecule has 2 nitrogen and oxygen atoms in total. The molecule has 0 aromatic heterocycles. The Morgan fingerprint density at radius 3 is 2.53 bits per heavy atom. The Balaban J connectivity index is 2.62. The van der Waals surface area contributed by atoms with E-state index in [4.69, 9.17) is 0 Å². The van der Waals surface area contributed by atoms with Gasteiger partial charge in [0.25, 0.3) is 0 Å². The van der Waals surface area contributed by atoms with Crippen molar-refractivity contribution in [2.75, 3.05) is 13.1 Å². The van der Waals surface area contributed by atoms with Gasteiger partial charge in [-0.3, -0.25) is 4.90 Å². The summed E-state index contributed by atoms with van der Waals surface area (Å²) in [5.41, 5.74) is 0.282. The second-order valence-electron chi connectivity index (χ2n) is 6.37. The van der Waals surface area contributed by atoms with Crippen LogP contribution in [0.15, 0.2) is 0 Å². The molecule has 0 aromatic rings. The Labute approximate surface area is 108 Å². The average Bonchev–Trinajstić information content (AvgIpc) is 2.28. The molecule has 1 fully saturated rings. The quantitative estimate of drug-likeness (QED) is 0.765. The molecule has 102 valence electrons. The molecule has 1 heterocycles. The molecule has 0 aliphatic carbocycles. The van der Waals surface area contributed by atoms with Crippen molar-refractivity contribution < 1.29 is 0 Å². The molecule has 0 aromatic carbocycles. The monoisotopic (exact) mass is 240 g/mol. The van der Waals surface area contributed by atoms with Crippen molar-refractivity contribution in [2.45, 2.75) is 84.3 Å². The maximum atomic E-state index is 3.65. The topological polar surface area (TPSA) is 15.3 Å². The smallest absolute Gasteiger partial charge is 0.0253 e. The molecular weight excluding hydrogens is 208 g/mol. The summed E-state index contributed by atoms with van der Waals surface area (Å²) >= 11 is 0. The van der Waals surface area contributed by atoms with Gasteiger partial charge in [-0.2, -0.15) is 0 Å². The molecule has 0 bridgehead atoms. The van der Waals surface area contributed by atoms with Gasteiger partial charge in [-0.1, -0.05) is 33.1 Å². The molecule has 2 atom stereocenters. The van der Waals surface area contributed by atoms with Gasteiger partial charge in [0.2, 0.25) is 0 Å². The van der Waals surface area contributed by atoms with E-state index >= 15 is 0 Å². The van der Waals surface area contributed by atoms with Gasteiger partial charge in [0.1, 0.15) is 0 Å². The number of piperazine rings is 1. The minimum Gasteiger partial charge on any atom is -0.309 e. The Bertz CT molecular complexity index is 213. The van der Waals surface area contributed by atoms with E-state index in [1.54, 1.807) is 0 Å². The largest absolute Gasteiger partial charge is 0.309 e. The summed E-state index contributed by atoms with van der Waals surface area (Å²) < 4.78 is 0. The minimum atomic E-state index is 0.282. The average molecular weight is 240 g/mol. The van der Waals surface area contributed by atoms with Gasteiger partial charge < -0.3 is 5.32 Å². The lowest BCUT2D eigenvalue weighted by Crippen LogP contribution is -2.63. The molecule has 1 aliphatic rings. The number of rotatable bonds is 6. The standard InChI is InChI=1S/C15H32N2/c1-6-8-10-14(9-7-2)17-12-15(4,5)16-11-13(17)3/h13-14,16H,6-12H2,1-5H3. The maximum Gasteiger partial charge on any atom is 0.0253 e. The third-order valence-corrected chi connectivity index (χ3v) is 4.00. The summed E-state index contributed by atoms with van der Waals surface area (Å²) in [4.78, 5) is 2.76. The molecule has 0 spiro atoms. The number of unbranched alkanes of at least 4 members (excludes halogenated alkanes) is 1. The normalized spacial score (nSPS) is 27.0.